The highest BCUT2D eigenvalue weighted by Gasteiger charge is 2.33. The van der Waals surface area contributed by atoms with Crippen LogP contribution in [0, 0.1) is 6.92 Å². The molecule has 0 spiro atoms. The molecule has 0 amide bonds. The monoisotopic (exact) mass is 464 g/mol. The van der Waals surface area contributed by atoms with E-state index in [-0.39, 0.29) is 0 Å². The molecule has 3 aliphatic heterocycles. The summed E-state index contributed by atoms with van der Waals surface area (Å²) in [7, 11) is 0. The van der Waals surface area contributed by atoms with E-state index in [4.69, 9.17) is 26.5 Å². The van der Waals surface area contributed by atoms with E-state index in [9.17, 15) is 0 Å². The summed E-state index contributed by atoms with van der Waals surface area (Å²) in [6.45, 7) is 7.26. The van der Waals surface area contributed by atoms with Crippen molar-refractivity contribution in [1.29, 1.82) is 0 Å². The van der Waals surface area contributed by atoms with Crippen molar-refractivity contribution in [2.45, 2.75) is 51.2 Å². The summed E-state index contributed by atoms with van der Waals surface area (Å²) in [4.78, 5) is 9.48. The van der Waals surface area contributed by atoms with Crippen LogP contribution in [0.1, 0.15) is 48.0 Å². The van der Waals surface area contributed by atoms with E-state index >= 15 is 0 Å². The number of piperidine rings is 1. The first kappa shape index (κ1) is 21.1. The van der Waals surface area contributed by atoms with E-state index in [1.807, 2.05) is 12.3 Å². The Morgan fingerprint density at radius 2 is 1.91 bits per heavy atom. The van der Waals surface area contributed by atoms with E-state index in [1.54, 1.807) is 0 Å². The second-order valence-corrected chi connectivity index (χ2v) is 9.90. The molecule has 1 atom stereocenters. The third kappa shape index (κ3) is 4.03. The predicted octanol–water partition coefficient (Wildman–Crippen LogP) is 4.11. The molecule has 2 fully saturated rings. The third-order valence-corrected chi connectivity index (χ3v) is 7.49. The van der Waals surface area contributed by atoms with Gasteiger partial charge in [-0.05, 0) is 61.6 Å². The Hall–Kier alpha value is -2.48. The van der Waals surface area contributed by atoms with E-state index < -0.39 is 0 Å². The van der Waals surface area contributed by atoms with Crippen LogP contribution < -0.4 is 4.90 Å². The Balaban J connectivity index is 1.29. The Morgan fingerprint density at radius 1 is 1.03 bits per heavy atom. The highest BCUT2D eigenvalue weighted by Crippen LogP contribution is 2.35. The van der Waals surface area contributed by atoms with Crippen molar-refractivity contribution in [2.75, 3.05) is 31.2 Å². The van der Waals surface area contributed by atoms with Gasteiger partial charge in [0.1, 0.15) is 11.6 Å². The van der Waals surface area contributed by atoms with Crippen LogP contribution in [0.15, 0.2) is 36.5 Å². The molecular weight excluding hydrogens is 436 g/mol. The van der Waals surface area contributed by atoms with Gasteiger partial charge in [-0.25, -0.2) is 4.98 Å². The molecule has 0 radical (unpaired) electrons. The molecule has 0 bridgehead atoms. The molecule has 1 aromatic carbocycles. The fourth-order valence-electron chi connectivity index (χ4n) is 5.40. The average molecular weight is 465 g/mol. The Kier molecular flexibility index (Phi) is 5.56. The molecule has 0 unspecified atom stereocenters. The minimum atomic E-state index is 0.373. The van der Waals surface area contributed by atoms with Gasteiger partial charge in [-0.1, -0.05) is 17.7 Å². The molecule has 5 heterocycles. The van der Waals surface area contributed by atoms with Crippen LogP contribution in [-0.4, -0.2) is 57.0 Å². The maximum Gasteiger partial charge on any atom is 0.151 e. The fourth-order valence-corrected chi connectivity index (χ4v) is 5.59. The quantitative estimate of drug-likeness (QED) is 0.581. The third-order valence-electron chi connectivity index (χ3n) is 7.26. The van der Waals surface area contributed by atoms with Crippen molar-refractivity contribution in [2.24, 2.45) is 0 Å². The molecule has 6 rings (SSSR count). The van der Waals surface area contributed by atoms with Gasteiger partial charge in [0.05, 0.1) is 18.8 Å². The Labute approximate surface area is 199 Å². The van der Waals surface area contributed by atoms with Gasteiger partial charge in [0.25, 0.3) is 0 Å². The molecule has 172 valence electrons. The summed E-state index contributed by atoms with van der Waals surface area (Å²) in [6, 6.07) is 10.9. The van der Waals surface area contributed by atoms with E-state index in [0.717, 1.165) is 81.1 Å². The maximum atomic E-state index is 6.42. The van der Waals surface area contributed by atoms with Gasteiger partial charge in [-0.3, -0.25) is 9.47 Å². The smallest absolute Gasteiger partial charge is 0.151 e. The topological polar surface area (TPSA) is 59.3 Å². The normalized spacial score (nSPS) is 21.6. The van der Waals surface area contributed by atoms with Crippen molar-refractivity contribution in [3.63, 3.8) is 0 Å². The number of hydrogen-bond acceptors (Lipinski definition) is 6. The summed E-state index contributed by atoms with van der Waals surface area (Å²) >= 11 is 6.42. The van der Waals surface area contributed by atoms with Crippen molar-refractivity contribution in [3.8, 4) is 5.69 Å². The van der Waals surface area contributed by atoms with Gasteiger partial charge in [-0.2, -0.15) is 0 Å². The number of rotatable bonds is 3. The van der Waals surface area contributed by atoms with Crippen LogP contribution in [0.2, 0.25) is 5.02 Å². The largest absolute Gasteiger partial charge is 0.380 e. The molecule has 0 saturated carbocycles. The molecule has 0 aliphatic carbocycles. The lowest BCUT2D eigenvalue weighted by molar-refractivity contribution is 0.133. The SMILES string of the molecule is Cc1ccc(N2CCC(c3nnc4n3-c3ccc(Cl)cc3CN([C@H]3CCOC3)C4)CC2)nc1. The van der Waals surface area contributed by atoms with E-state index in [0.29, 0.717) is 12.0 Å². The zero-order valence-corrected chi connectivity index (χ0v) is 19.7. The zero-order chi connectivity index (χ0) is 22.4. The second-order valence-electron chi connectivity index (χ2n) is 9.46. The minimum Gasteiger partial charge on any atom is -0.380 e. The number of pyridine rings is 1. The number of halogens is 1. The summed E-state index contributed by atoms with van der Waals surface area (Å²) in [5.74, 6) is 3.53. The Bertz CT molecular complexity index is 1130. The van der Waals surface area contributed by atoms with E-state index in [1.165, 1.54) is 16.8 Å². The highest BCUT2D eigenvalue weighted by molar-refractivity contribution is 6.30. The first-order chi connectivity index (χ1) is 16.2. The number of hydrogen-bond donors (Lipinski definition) is 0. The predicted molar refractivity (Wildman–Crippen MR) is 128 cm³/mol. The first-order valence-electron chi connectivity index (χ1n) is 11.9. The first-order valence-corrected chi connectivity index (χ1v) is 12.3. The molecule has 33 heavy (non-hydrogen) atoms. The number of benzene rings is 1. The minimum absolute atomic E-state index is 0.373. The Morgan fingerprint density at radius 3 is 2.67 bits per heavy atom. The molecule has 3 aromatic rings. The lowest BCUT2D eigenvalue weighted by Gasteiger charge is -2.32. The van der Waals surface area contributed by atoms with Gasteiger partial charge < -0.3 is 9.64 Å². The van der Waals surface area contributed by atoms with Crippen LogP contribution in [-0.2, 0) is 17.8 Å². The molecule has 8 heteroatoms. The van der Waals surface area contributed by atoms with Crippen molar-refractivity contribution in [3.05, 3.63) is 64.3 Å². The molecule has 0 N–H and O–H groups in total. The van der Waals surface area contributed by atoms with E-state index in [2.05, 4.69) is 50.5 Å². The number of nitrogens with zero attached hydrogens (tertiary/aromatic N) is 6. The number of anilines is 1. The molecular formula is C25H29ClN6O. The number of aromatic nitrogens is 4. The molecule has 2 aromatic heterocycles. The fraction of sp³-hybridized carbons (Fsp3) is 0.480. The van der Waals surface area contributed by atoms with Crippen molar-refractivity contribution >= 4 is 17.4 Å². The number of fused-ring (bicyclic) bond motifs is 3. The number of ether oxygens (including phenoxy) is 1. The number of aryl methyl sites for hydroxylation is 1. The van der Waals surface area contributed by atoms with Crippen LogP contribution in [0.25, 0.3) is 5.69 Å². The van der Waals surface area contributed by atoms with Crippen LogP contribution >= 0.6 is 11.6 Å². The van der Waals surface area contributed by atoms with Crippen LogP contribution in [0.5, 0.6) is 0 Å². The van der Waals surface area contributed by atoms with Gasteiger partial charge in [0.15, 0.2) is 5.82 Å². The zero-order valence-electron chi connectivity index (χ0n) is 19.0. The molecule has 7 nitrogen and oxygen atoms in total. The summed E-state index contributed by atoms with van der Waals surface area (Å²) in [5.41, 5.74) is 3.59. The van der Waals surface area contributed by atoms with Crippen LogP contribution in [0.3, 0.4) is 0 Å². The lowest BCUT2D eigenvalue weighted by Crippen LogP contribution is -2.34. The van der Waals surface area contributed by atoms with Crippen molar-refractivity contribution < 1.29 is 4.74 Å². The standard InChI is InChI=1S/C25H29ClN6O/c1-17-2-5-23(27-13-17)30-9-6-18(7-10-30)25-29-28-24-15-31(21-8-11-33-16-21)14-19-12-20(26)3-4-22(19)32(24)25/h2-5,12-13,18,21H,6-11,14-16H2,1H3/t21-/m0/s1. The van der Waals surface area contributed by atoms with Gasteiger partial charge in [0.2, 0.25) is 0 Å². The van der Waals surface area contributed by atoms with Crippen molar-refractivity contribution in [1.82, 2.24) is 24.6 Å². The molecule has 2 saturated heterocycles. The van der Waals surface area contributed by atoms with Gasteiger partial charge >= 0.3 is 0 Å². The van der Waals surface area contributed by atoms with Gasteiger partial charge in [-0.15, -0.1) is 10.2 Å². The second kappa shape index (κ2) is 8.70. The molecule has 3 aliphatic rings. The van der Waals surface area contributed by atoms with Crippen LogP contribution in [0.4, 0.5) is 5.82 Å². The lowest BCUT2D eigenvalue weighted by atomic mass is 9.95. The summed E-state index contributed by atoms with van der Waals surface area (Å²) in [6.07, 6.45) is 5.08. The summed E-state index contributed by atoms with van der Waals surface area (Å²) in [5, 5.41) is 10.2. The maximum absolute atomic E-state index is 6.42. The van der Waals surface area contributed by atoms with Gasteiger partial charge in [0, 0.05) is 49.4 Å². The summed E-state index contributed by atoms with van der Waals surface area (Å²) < 4.78 is 8.00. The average Bonchev–Trinajstić information content (AvgIpc) is 3.48. The highest BCUT2D eigenvalue weighted by atomic mass is 35.5.